The Morgan fingerprint density at radius 2 is 1.30 bits per heavy atom. The summed E-state index contributed by atoms with van der Waals surface area (Å²) < 4.78 is 0. The molecular formula is C25H27NO. The van der Waals surface area contributed by atoms with Crippen molar-refractivity contribution >= 4 is 16.7 Å². The number of benzene rings is 3. The number of carbonyl (C=O) groups excluding carboxylic acids is 1. The highest BCUT2D eigenvalue weighted by Gasteiger charge is 2.36. The van der Waals surface area contributed by atoms with Gasteiger partial charge in [-0.05, 0) is 74.9 Å². The summed E-state index contributed by atoms with van der Waals surface area (Å²) in [5.74, 6) is -0.388. The predicted octanol–water partition coefficient (Wildman–Crippen LogP) is 5.95. The lowest BCUT2D eigenvalue weighted by molar-refractivity contribution is 0.100. The Hall–Kier alpha value is -2.61. The van der Waals surface area contributed by atoms with E-state index < -0.39 is 0 Å². The van der Waals surface area contributed by atoms with Crippen LogP contribution in [0.25, 0.3) is 21.9 Å². The van der Waals surface area contributed by atoms with Gasteiger partial charge in [0.15, 0.2) is 0 Å². The Morgan fingerprint density at radius 3 is 2.00 bits per heavy atom. The van der Waals surface area contributed by atoms with Crippen molar-refractivity contribution < 1.29 is 4.79 Å². The molecule has 2 nitrogen and oxygen atoms in total. The van der Waals surface area contributed by atoms with Gasteiger partial charge in [-0.2, -0.15) is 0 Å². The molecule has 0 heterocycles. The fourth-order valence-electron chi connectivity index (χ4n) is 4.35. The van der Waals surface area contributed by atoms with Crippen LogP contribution in [-0.4, -0.2) is 5.91 Å². The lowest BCUT2D eigenvalue weighted by Gasteiger charge is -2.42. The number of carbonyl (C=O) groups is 1. The van der Waals surface area contributed by atoms with Crippen molar-refractivity contribution in [3.63, 3.8) is 0 Å². The Balaban J connectivity index is 1.82. The van der Waals surface area contributed by atoms with E-state index in [4.69, 9.17) is 5.73 Å². The maximum Gasteiger partial charge on any atom is 0.248 e. The first-order valence-electron chi connectivity index (χ1n) is 9.66. The maximum atomic E-state index is 11.4. The number of hydrogen-bond acceptors (Lipinski definition) is 1. The van der Waals surface area contributed by atoms with Gasteiger partial charge in [-0.3, -0.25) is 4.79 Å². The van der Waals surface area contributed by atoms with Crippen molar-refractivity contribution in [1.82, 2.24) is 0 Å². The molecule has 2 N–H and O–H groups in total. The predicted molar refractivity (Wildman–Crippen MR) is 113 cm³/mol. The Morgan fingerprint density at radius 1 is 0.741 bits per heavy atom. The summed E-state index contributed by atoms with van der Waals surface area (Å²) in [4.78, 5) is 11.4. The van der Waals surface area contributed by atoms with Crippen LogP contribution in [0.2, 0.25) is 0 Å². The van der Waals surface area contributed by atoms with E-state index in [2.05, 4.69) is 64.1 Å². The van der Waals surface area contributed by atoms with Gasteiger partial charge in [0.05, 0.1) is 0 Å². The minimum atomic E-state index is -0.388. The lowest BCUT2D eigenvalue weighted by Crippen LogP contribution is -2.33. The first-order chi connectivity index (χ1) is 12.7. The van der Waals surface area contributed by atoms with Crippen LogP contribution >= 0.6 is 0 Å². The first kappa shape index (κ1) is 17.8. The number of nitrogens with two attached hydrogens (primary N) is 1. The van der Waals surface area contributed by atoms with Gasteiger partial charge >= 0.3 is 0 Å². The fourth-order valence-corrected chi connectivity index (χ4v) is 4.35. The second kappa shape index (κ2) is 5.95. The van der Waals surface area contributed by atoms with Crippen molar-refractivity contribution in [2.24, 2.45) is 5.73 Å². The number of fused-ring (bicyclic) bond motifs is 2. The van der Waals surface area contributed by atoms with Crippen LogP contribution in [0.5, 0.6) is 0 Å². The van der Waals surface area contributed by atoms with Gasteiger partial charge in [0.25, 0.3) is 0 Å². The molecule has 138 valence electrons. The minimum Gasteiger partial charge on any atom is -0.366 e. The molecule has 3 aromatic carbocycles. The third kappa shape index (κ3) is 3.03. The summed E-state index contributed by atoms with van der Waals surface area (Å²) in [6, 6.07) is 19.0. The Bertz CT molecular complexity index is 1060. The highest BCUT2D eigenvalue weighted by atomic mass is 16.1. The van der Waals surface area contributed by atoms with Crippen LogP contribution in [0.3, 0.4) is 0 Å². The van der Waals surface area contributed by atoms with E-state index in [1.807, 2.05) is 12.1 Å². The van der Waals surface area contributed by atoms with Crippen molar-refractivity contribution in [3.05, 3.63) is 71.3 Å². The van der Waals surface area contributed by atoms with Crippen molar-refractivity contribution in [1.29, 1.82) is 0 Å². The van der Waals surface area contributed by atoms with Gasteiger partial charge in [-0.15, -0.1) is 0 Å². The summed E-state index contributed by atoms with van der Waals surface area (Å²) >= 11 is 0. The van der Waals surface area contributed by atoms with E-state index >= 15 is 0 Å². The molecule has 2 heteroatoms. The second-order valence-corrected chi connectivity index (χ2v) is 9.17. The van der Waals surface area contributed by atoms with Crippen LogP contribution in [-0.2, 0) is 10.8 Å². The highest BCUT2D eigenvalue weighted by molar-refractivity contribution is 5.98. The van der Waals surface area contributed by atoms with Crippen LogP contribution in [0.1, 0.15) is 62.0 Å². The zero-order chi connectivity index (χ0) is 19.4. The number of hydrogen-bond donors (Lipinski definition) is 1. The molecular weight excluding hydrogens is 330 g/mol. The molecule has 0 fully saturated rings. The summed E-state index contributed by atoms with van der Waals surface area (Å²) in [5, 5.41) is 2.16. The fraction of sp³-hybridized carbons (Fsp3) is 0.320. The molecule has 4 rings (SSSR count). The summed E-state index contributed by atoms with van der Waals surface area (Å²) in [7, 11) is 0. The van der Waals surface area contributed by atoms with Gasteiger partial charge in [-0.25, -0.2) is 0 Å². The first-order valence-corrected chi connectivity index (χ1v) is 9.66. The van der Waals surface area contributed by atoms with Gasteiger partial charge < -0.3 is 5.73 Å². The molecule has 0 saturated carbocycles. The summed E-state index contributed by atoms with van der Waals surface area (Å²) in [6.45, 7) is 9.42. The smallest absolute Gasteiger partial charge is 0.248 e. The van der Waals surface area contributed by atoms with E-state index in [1.54, 1.807) is 6.07 Å². The van der Waals surface area contributed by atoms with Crippen LogP contribution < -0.4 is 5.73 Å². The average molecular weight is 357 g/mol. The topological polar surface area (TPSA) is 43.1 Å². The molecule has 1 aliphatic carbocycles. The Labute approximate surface area is 161 Å². The van der Waals surface area contributed by atoms with Crippen molar-refractivity contribution in [2.45, 2.75) is 51.4 Å². The minimum absolute atomic E-state index is 0.202. The Kier molecular flexibility index (Phi) is 3.92. The van der Waals surface area contributed by atoms with E-state index in [1.165, 1.54) is 35.1 Å². The van der Waals surface area contributed by atoms with Crippen LogP contribution in [0, 0.1) is 0 Å². The lowest BCUT2D eigenvalue weighted by atomic mass is 9.63. The van der Waals surface area contributed by atoms with E-state index in [9.17, 15) is 4.79 Å². The maximum absolute atomic E-state index is 11.4. The van der Waals surface area contributed by atoms with Crippen molar-refractivity contribution in [3.8, 4) is 11.1 Å². The van der Waals surface area contributed by atoms with Gasteiger partial charge in [0.2, 0.25) is 5.91 Å². The largest absolute Gasteiger partial charge is 0.366 e. The number of amides is 1. The molecule has 1 amide bonds. The molecule has 3 aromatic rings. The standard InChI is InChI=1S/C25H27NO/c1-24(2)11-12-25(3,4)22-15-19(9-10-21(22)24)17-5-6-18-14-20(23(26)27)8-7-16(18)13-17/h5-10,13-15H,11-12H2,1-4H3,(H2,26,27). The molecule has 1 aliphatic rings. The summed E-state index contributed by atoms with van der Waals surface area (Å²) in [6.07, 6.45) is 2.44. The molecule has 0 saturated heterocycles. The molecule has 0 unspecified atom stereocenters. The molecule has 0 bridgehead atoms. The van der Waals surface area contributed by atoms with Crippen LogP contribution in [0.15, 0.2) is 54.6 Å². The molecule has 0 spiro atoms. The second-order valence-electron chi connectivity index (χ2n) is 9.17. The quantitative estimate of drug-likeness (QED) is 0.604. The van der Waals surface area contributed by atoms with E-state index in [-0.39, 0.29) is 16.7 Å². The van der Waals surface area contributed by atoms with Crippen LogP contribution in [0.4, 0.5) is 0 Å². The SMILES string of the molecule is CC1(C)CCC(C)(C)c2cc(-c3ccc4cc(C(N)=O)ccc4c3)ccc21. The monoisotopic (exact) mass is 357 g/mol. The molecule has 0 aromatic heterocycles. The van der Waals surface area contributed by atoms with Gasteiger partial charge in [-0.1, -0.05) is 64.1 Å². The summed E-state index contributed by atoms with van der Waals surface area (Å²) in [5.41, 5.74) is 11.8. The normalized spacial score (nSPS) is 17.5. The van der Waals surface area contributed by atoms with E-state index in [0.29, 0.717) is 5.56 Å². The van der Waals surface area contributed by atoms with Gasteiger partial charge in [0.1, 0.15) is 0 Å². The number of rotatable bonds is 2. The molecule has 0 atom stereocenters. The van der Waals surface area contributed by atoms with Gasteiger partial charge in [0, 0.05) is 5.56 Å². The molecule has 0 aliphatic heterocycles. The average Bonchev–Trinajstić information content (AvgIpc) is 2.64. The number of primary amides is 1. The third-order valence-corrected chi connectivity index (χ3v) is 6.31. The van der Waals surface area contributed by atoms with Crippen molar-refractivity contribution in [2.75, 3.05) is 0 Å². The third-order valence-electron chi connectivity index (χ3n) is 6.31. The highest BCUT2D eigenvalue weighted by Crippen LogP contribution is 2.46. The zero-order valence-electron chi connectivity index (χ0n) is 16.6. The van der Waals surface area contributed by atoms with E-state index in [0.717, 1.165) is 10.8 Å². The molecule has 0 radical (unpaired) electrons. The molecule has 27 heavy (non-hydrogen) atoms. The zero-order valence-corrected chi connectivity index (χ0v) is 16.6.